The minimum Gasteiger partial charge on any atom is -0.488 e. The number of epoxide rings is 1. The van der Waals surface area contributed by atoms with Gasteiger partial charge < -0.3 is 14.2 Å². The van der Waals surface area contributed by atoms with Crippen molar-refractivity contribution in [3.8, 4) is 22.9 Å². The van der Waals surface area contributed by atoms with Gasteiger partial charge in [-0.15, -0.1) is 0 Å². The molecule has 3 aromatic rings. The number of rotatable bonds is 6. The molecular weight excluding hydrogens is 464 g/mol. The molecule has 0 N–H and O–H groups in total. The fourth-order valence-corrected chi connectivity index (χ4v) is 4.92. The van der Waals surface area contributed by atoms with Gasteiger partial charge in [0.25, 0.3) is 0 Å². The van der Waals surface area contributed by atoms with E-state index in [0.29, 0.717) is 29.4 Å². The zero-order valence-electron chi connectivity index (χ0n) is 17.6. The van der Waals surface area contributed by atoms with Crippen molar-refractivity contribution in [3.63, 3.8) is 0 Å². The second-order valence-electron chi connectivity index (χ2n) is 8.15. The van der Waals surface area contributed by atoms with Crippen molar-refractivity contribution in [1.82, 2.24) is 0 Å². The summed E-state index contributed by atoms with van der Waals surface area (Å²) in [5, 5.41) is 10.3. The Morgan fingerprint density at radius 2 is 1.91 bits per heavy atom. The predicted octanol–water partition coefficient (Wildman–Crippen LogP) is 6.50. The molecule has 4 nitrogen and oxygen atoms in total. The third-order valence-corrected chi connectivity index (χ3v) is 6.74. The molecule has 168 valence electrons. The number of benzene rings is 3. The first kappa shape index (κ1) is 22.2. The van der Waals surface area contributed by atoms with Gasteiger partial charge in [0.1, 0.15) is 12.2 Å². The molecule has 2 heterocycles. The van der Waals surface area contributed by atoms with Gasteiger partial charge in [-0.05, 0) is 42.7 Å². The smallest absolute Gasteiger partial charge is 0.174 e. The summed E-state index contributed by atoms with van der Waals surface area (Å²) in [4.78, 5) is 0. The van der Waals surface area contributed by atoms with Crippen molar-refractivity contribution in [2.45, 2.75) is 24.5 Å². The number of nitrogens with zero attached hydrogens (tertiary/aromatic N) is 1. The lowest BCUT2D eigenvalue weighted by Gasteiger charge is -2.19. The Morgan fingerprint density at radius 3 is 2.58 bits per heavy atom. The number of hydrogen-bond acceptors (Lipinski definition) is 4. The van der Waals surface area contributed by atoms with Crippen LogP contribution in [0.15, 0.2) is 54.6 Å². The van der Waals surface area contributed by atoms with Gasteiger partial charge in [-0.25, -0.2) is 4.39 Å². The summed E-state index contributed by atoms with van der Waals surface area (Å²) < 4.78 is 32.8. The molecule has 7 heteroatoms. The summed E-state index contributed by atoms with van der Waals surface area (Å²) in [5.74, 6) is -0.597. The largest absolute Gasteiger partial charge is 0.488 e. The second-order valence-corrected chi connectivity index (χ2v) is 8.97. The lowest BCUT2D eigenvalue weighted by atomic mass is 9.88. The van der Waals surface area contributed by atoms with E-state index in [1.807, 2.05) is 30.3 Å². The van der Waals surface area contributed by atoms with Crippen LogP contribution in [0.1, 0.15) is 29.5 Å². The fraction of sp³-hybridized carbons (Fsp3) is 0.269. The van der Waals surface area contributed by atoms with E-state index in [2.05, 4.69) is 6.07 Å². The van der Waals surface area contributed by atoms with E-state index < -0.39 is 11.4 Å². The van der Waals surface area contributed by atoms with Gasteiger partial charge in [0.15, 0.2) is 11.6 Å². The summed E-state index contributed by atoms with van der Waals surface area (Å²) in [6.45, 7) is 1.37. The standard InChI is InChI=1S/C26H20Cl2FNO3/c27-21-12-22(28)20(26(15-33-26)17-5-2-1-3-6-17)11-19(21)24-16(13-30)8-9-23(25(24)29)32-14-18-7-4-10-31-18/h1-3,5-6,8-9,11-12,18H,4,7,10,14-15H2/t18-,26?/m0/s1. The topological polar surface area (TPSA) is 54.8 Å². The maximum atomic E-state index is 15.7. The molecule has 0 saturated carbocycles. The number of ether oxygens (including phenoxy) is 3. The van der Waals surface area contributed by atoms with Gasteiger partial charge in [0.2, 0.25) is 0 Å². The number of halogens is 3. The Kier molecular flexibility index (Phi) is 6.03. The average Bonchev–Trinajstić information content (AvgIpc) is 3.46. The van der Waals surface area contributed by atoms with Gasteiger partial charge in [-0.1, -0.05) is 53.5 Å². The van der Waals surface area contributed by atoms with Crippen LogP contribution in [-0.4, -0.2) is 25.9 Å². The van der Waals surface area contributed by atoms with E-state index in [0.717, 1.165) is 18.4 Å². The molecular formula is C26H20Cl2FNO3. The first-order valence-electron chi connectivity index (χ1n) is 10.7. The highest BCUT2D eigenvalue weighted by Crippen LogP contribution is 2.50. The molecule has 0 aromatic heterocycles. The van der Waals surface area contributed by atoms with Gasteiger partial charge in [-0.2, -0.15) is 5.26 Å². The molecule has 2 atom stereocenters. The van der Waals surface area contributed by atoms with Gasteiger partial charge in [0.05, 0.1) is 29.4 Å². The maximum absolute atomic E-state index is 15.7. The molecule has 2 aliphatic rings. The zero-order chi connectivity index (χ0) is 23.0. The van der Waals surface area contributed by atoms with Crippen molar-refractivity contribution in [2.75, 3.05) is 19.8 Å². The van der Waals surface area contributed by atoms with Crippen molar-refractivity contribution in [3.05, 3.63) is 87.2 Å². The molecule has 0 radical (unpaired) electrons. The maximum Gasteiger partial charge on any atom is 0.174 e. The summed E-state index contributed by atoms with van der Waals surface area (Å²) in [6, 6.07) is 18.0. The van der Waals surface area contributed by atoms with Crippen LogP contribution in [0.4, 0.5) is 4.39 Å². The van der Waals surface area contributed by atoms with Gasteiger partial charge in [-0.3, -0.25) is 0 Å². The van der Waals surface area contributed by atoms with Crippen molar-refractivity contribution >= 4 is 23.2 Å². The van der Waals surface area contributed by atoms with Crippen molar-refractivity contribution in [2.24, 2.45) is 0 Å². The Morgan fingerprint density at radius 1 is 1.12 bits per heavy atom. The molecule has 2 aliphatic heterocycles. The quantitative estimate of drug-likeness (QED) is 0.375. The third kappa shape index (κ3) is 4.09. The molecule has 1 unspecified atom stereocenters. The lowest BCUT2D eigenvalue weighted by Crippen LogP contribution is -2.17. The van der Waals surface area contributed by atoms with Crippen LogP contribution >= 0.6 is 23.2 Å². The average molecular weight is 484 g/mol. The normalized spacial score (nSPS) is 21.6. The van der Waals surface area contributed by atoms with Crippen LogP contribution in [0, 0.1) is 17.1 Å². The van der Waals surface area contributed by atoms with Crippen LogP contribution in [0.2, 0.25) is 10.0 Å². The van der Waals surface area contributed by atoms with Crippen LogP contribution in [0.3, 0.4) is 0 Å². The summed E-state index contributed by atoms with van der Waals surface area (Å²) in [6.07, 6.45) is 1.77. The summed E-state index contributed by atoms with van der Waals surface area (Å²) in [5.41, 5.74) is 1.47. The Bertz CT molecular complexity index is 1230. The second kappa shape index (κ2) is 8.96. The predicted molar refractivity (Wildman–Crippen MR) is 124 cm³/mol. The Labute approximate surface area is 201 Å². The van der Waals surface area contributed by atoms with Gasteiger partial charge >= 0.3 is 0 Å². The third-order valence-electron chi connectivity index (χ3n) is 6.11. The van der Waals surface area contributed by atoms with E-state index in [1.54, 1.807) is 12.1 Å². The van der Waals surface area contributed by atoms with Crippen LogP contribution < -0.4 is 4.74 Å². The molecule has 0 aliphatic carbocycles. The highest BCUT2D eigenvalue weighted by atomic mass is 35.5. The molecule has 0 amide bonds. The van der Waals surface area contributed by atoms with Crippen LogP contribution in [0.5, 0.6) is 5.75 Å². The molecule has 0 spiro atoms. The molecule has 2 fully saturated rings. The van der Waals surface area contributed by atoms with Crippen LogP contribution in [0.25, 0.3) is 11.1 Å². The SMILES string of the molecule is N#Cc1ccc(OC[C@@H]2CCCO2)c(F)c1-c1cc(C2(c3ccccc3)CO2)c(Cl)cc1Cl. The summed E-state index contributed by atoms with van der Waals surface area (Å²) in [7, 11) is 0. The van der Waals surface area contributed by atoms with Crippen LogP contribution in [-0.2, 0) is 15.1 Å². The van der Waals surface area contributed by atoms with E-state index in [1.165, 1.54) is 12.1 Å². The van der Waals surface area contributed by atoms with E-state index in [9.17, 15) is 5.26 Å². The first-order chi connectivity index (χ1) is 16.0. The highest BCUT2D eigenvalue weighted by Gasteiger charge is 2.49. The fourth-order valence-electron chi connectivity index (χ4n) is 4.29. The van der Waals surface area contributed by atoms with E-state index >= 15 is 4.39 Å². The number of nitriles is 1. The molecule has 2 saturated heterocycles. The lowest BCUT2D eigenvalue weighted by molar-refractivity contribution is 0.0666. The van der Waals surface area contributed by atoms with Crippen molar-refractivity contribution in [1.29, 1.82) is 5.26 Å². The Hall–Kier alpha value is -2.62. The first-order valence-corrected chi connectivity index (χ1v) is 11.5. The van der Waals surface area contributed by atoms with Gasteiger partial charge in [0, 0.05) is 28.3 Å². The highest BCUT2D eigenvalue weighted by molar-refractivity contribution is 6.37. The van der Waals surface area contributed by atoms with E-state index in [4.69, 9.17) is 37.4 Å². The van der Waals surface area contributed by atoms with E-state index in [-0.39, 0.29) is 34.6 Å². The zero-order valence-corrected chi connectivity index (χ0v) is 19.1. The minimum absolute atomic E-state index is 0.0486. The Balaban J connectivity index is 1.58. The molecule has 5 rings (SSSR count). The summed E-state index contributed by atoms with van der Waals surface area (Å²) >= 11 is 13.1. The monoisotopic (exact) mass is 483 g/mol. The number of hydrogen-bond donors (Lipinski definition) is 0. The minimum atomic E-state index is -0.727. The molecule has 33 heavy (non-hydrogen) atoms. The molecule has 3 aromatic carbocycles. The molecule has 0 bridgehead atoms. The van der Waals surface area contributed by atoms with Crippen molar-refractivity contribution < 1.29 is 18.6 Å².